The third-order valence-electron chi connectivity index (χ3n) is 3.05. The van der Waals surface area contributed by atoms with E-state index in [1.54, 1.807) is 11.3 Å². The number of rotatable bonds is 1. The summed E-state index contributed by atoms with van der Waals surface area (Å²) in [5.74, 6) is 0. The zero-order chi connectivity index (χ0) is 12.6. The van der Waals surface area contributed by atoms with E-state index in [9.17, 15) is 0 Å². The molecule has 0 saturated carbocycles. The van der Waals surface area contributed by atoms with Crippen molar-refractivity contribution in [1.29, 1.82) is 0 Å². The average molecular weight is 245 g/mol. The lowest BCUT2D eigenvalue weighted by Gasteiger charge is -2.22. The molecule has 1 nitrogen and oxygen atoms in total. The normalized spacial score (nSPS) is 11.8. The van der Waals surface area contributed by atoms with Gasteiger partial charge in [0.15, 0.2) is 0 Å². The van der Waals surface area contributed by atoms with Gasteiger partial charge in [0.05, 0.1) is 11.2 Å². The van der Waals surface area contributed by atoms with Gasteiger partial charge in [-0.15, -0.1) is 11.3 Å². The van der Waals surface area contributed by atoms with Crippen LogP contribution in [-0.4, -0.2) is 4.98 Å². The molecule has 1 heterocycles. The number of aryl methyl sites for hydroxylation is 2. The molecule has 0 spiro atoms. The number of hydrogen-bond acceptors (Lipinski definition) is 2. The van der Waals surface area contributed by atoms with Crippen LogP contribution in [0.2, 0.25) is 0 Å². The average Bonchev–Trinajstić information content (AvgIpc) is 2.62. The molecule has 0 fully saturated rings. The lowest BCUT2D eigenvalue weighted by atomic mass is 9.83. The molecule has 1 aromatic carbocycles. The van der Waals surface area contributed by atoms with E-state index in [0.29, 0.717) is 0 Å². The van der Waals surface area contributed by atoms with Crippen molar-refractivity contribution < 1.29 is 0 Å². The third kappa shape index (κ3) is 2.42. The molecule has 0 unspecified atom stereocenters. The van der Waals surface area contributed by atoms with Gasteiger partial charge >= 0.3 is 0 Å². The van der Waals surface area contributed by atoms with Crippen LogP contribution in [0.1, 0.15) is 36.8 Å². The zero-order valence-corrected chi connectivity index (χ0v) is 12.0. The number of nitrogens with zero attached hydrogens (tertiary/aromatic N) is 1. The highest BCUT2D eigenvalue weighted by molar-refractivity contribution is 7.10. The summed E-state index contributed by atoms with van der Waals surface area (Å²) in [6, 6.07) is 6.68. The molecular formula is C15H19NS. The summed E-state index contributed by atoms with van der Waals surface area (Å²) >= 11 is 1.70. The van der Waals surface area contributed by atoms with Gasteiger partial charge in [-0.3, -0.25) is 0 Å². The van der Waals surface area contributed by atoms with Crippen LogP contribution in [0.15, 0.2) is 23.7 Å². The van der Waals surface area contributed by atoms with Gasteiger partial charge in [0.2, 0.25) is 0 Å². The van der Waals surface area contributed by atoms with E-state index in [2.05, 4.69) is 57.8 Å². The Balaban J connectivity index is 2.49. The summed E-state index contributed by atoms with van der Waals surface area (Å²) in [7, 11) is 0. The maximum atomic E-state index is 4.44. The van der Waals surface area contributed by atoms with Crippen molar-refractivity contribution in [2.75, 3.05) is 0 Å². The minimum atomic E-state index is 0.208. The van der Waals surface area contributed by atoms with Crippen molar-refractivity contribution in [3.63, 3.8) is 0 Å². The maximum absolute atomic E-state index is 4.44. The van der Waals surface area contributed by atoms with Crippen molar-refractivity contribution in [3.8, 4) is 11.3 Å². The fraction of sp³-hybridized carbons (Fsp3) is 0.400. The Hall–Kier alpha value is -1.15. The van der Waals surface area contributed by atoms with E-state index in [1.807, 2.05) is 5.51 Å². The standard InChI is InChI=1S/C15H19NS/c1-10-8-12(14-11(2)17-9-16-14)6-7-13(10)15(3,4)5/h6-9H,1-5H3. The highest BCUT2D eigenvalue weighted by Gasteiger charge is 2.17. The summed E-state index contributed by atoms with van der Waals surface area (Å²) in [6.07, 6.45) is 0. The van der Waals surface area contributed by atoms with Crippen LogP contribution in [-0.2, 0) is 5.41 Å². The lowest BCUT2D eigenvalue weighted by Crippen LogP contribution is -2.12. The minimum Gasteiger partial charge on any atom is -0.244 e. The molecule has 2 aromatic rings. The number of aromatic nitrogens is 1. The Bertz CT molecular complexity index is 532. The van der Waals surface area contributed by atoms with Gasteiger partial charge in [0.25, 0.3) is 0 Å². The van der Waals surface area contributed by atoms with Crippen LogP contribution in [0.25, 0.3) is 11.3 Å². The van der Waals surface area contributed by atoms with Crippen molar-refractivity contribution >= 4 is 11.3 Å². The Morgan fingerprint density at radius 3 is 2.29 bits per heavy atom. The number of thiazole rings is 1. The van der Waals surface area contributed by atoms with E-state index in [1.165, 1.54) is 21.6 Å². The van der Waals surface area contributed by atoms with Crippen LogP contribution < -0.4 is 0 Å². The summed E-state index contributed by atoms with van der Waals surface area (Å²) in [6.45, 7) is 11.1. The summed E-state index contributed by atoms with van der Waals surface area (Å²) in [5.41, 5.74) is 7.24. The van der Waals surface area contributed by atoms with E-state index < -0.39 is 0 Å². The van der Waals surface area contributed by atoms with Crippen LogP contribution in [0.3, 0.4) is 0 Å². The molecule has 0 N–H and O–H groups in total. The predicted molar refractivity (Wildman–Crippen MR) is 75.7 cm³/mol. The highest BCUT2D eigenvalue weighted by Crippen LogP contribution is 2.30. The van der Waals surface area contributed by atoms with Crippen LogP contribution >= 0.6 is 11.3 Å². The molecule has 17 heavy (non-hydrogen) atoms. The second kappa shape index (κ2) is 4.26. The fourth-order valence-corrected chi connectivity index (χ4v) is 2.83. The molecular weight excluding hydrogens is 226 g/mol. The lowest BCUT2D eigenvalue weighted by molar-refractivity contribution is 0.586. The van der Waals surface area contributed by atoms with Gasteiger partial charge in [-0.1, -0.05) is 32.9 Å². The highest BCUT2D eigenvalue weighted by atomic mass is 32.1. The van der Waals surface area contributed by atoms with Crippen LogP contribution in [0, 0.1) is 13.8 Å². The molecule has 2 rings (SSSR count). The molecule has 0 radical (unpaired) electrons. The molecule has 0 atom stereocenters. The first-order valence-electron chi connectivity index (χ1n) is 5.91. The predicted octanol–water partition coefficient (Wildman–Crippen LogP) is 4.72. The molecule has 0 saturated heterocycles. The number of benzene rings is 1. The Kier molecular flexibility index (Phi) is 3.09. The molecule has 0 aliphatic carbocycles. The quantitative estimate of drug-likeness (QED) is 0.708. The summed E-state index contributed by atoms with van der Waals surface area (Å²) in [4.78, 5) is 5.72. The smallest absolute Gasteiger partial charge is 0.0840 e. The largest absolute Gasteiger partial charge is 0.244 e. The summed E-state index contributed by atoms with van der Waals surface area (Å²) in [5, 5.41) is 0. The Labute approximate surface area is 108 Å². The van der Waals surface area contributed by atoms with E-state index in [0.717, 1.165) is 5.69 Å². The minimum absolute atomic E-state index is 0.208. The molecule has 0 bridgehead atoms. The topological polar surface area (TPSA) is 12.9 Å². The van der Waals surface area contributed by atoms with E-state index in [-0.39, 0.29) is 5.41 Å². The van der Waals surface area contributed by atoms with E-state index in [4.69, 9.17) is 0 Å². The molecule has 2 heteroatoms. The maximum Gasteiger partial charge on any atom is 0.0840 e. The first-order chi connectivity index (χ1) is 7.89. The monoisotopic (exact) mass is 245 g/mol. The Morgan fingerprint density at radius 2 is 1.82 bits per heavy atom. The molecule has 0 aliphatic rings. The third-order valence-corrected chi connectivity index (χ3v) is 3.81. The first kappa shape index (κ1) is 12.3. The van der Waals surface area contributed by atoms with Crippen molar-refractivity contribution in [2.45, 2.75) is 40.0 Å². The van der Waals surface area contributed by atoms with Gasteiger partial charge in [-0.25, -0.2) is 4.98 Å². The second-order valence-electron chi connectivity index (χ2n) is 5.54. The van der Waals surface area contributed by atoms with Gasteiger partial charge in [0.1, 0.15) is 0 Å². The molecule has 1 aromatic heterocycles. The zero-order valence-electron chi connectivity index (χ0n) is 11.2. The van der Waals surface area contributed by atoms with Gasteiger partial charge in [-0.05, 0) is 36.5 Å². The van der Waals surface area contributed by atoms with Gasteiger partial charge in [-0.2, -0.15) is 0 Å². The summed E-state index contributed by atoms with van der Waals surface area (Å²) < 4.78 is 0. The van der Waals surface area contributed by atoms with Crippen molar-refractivity contribution in [3.05, 3.63) is 39.7 Å². The molecule has 0 aliphatic heterocycles. The molecule has 0 amide bonds. The van der Waals surface area contributed by atoms with E-state index >= 15 is 0 Å². The van der Waals surface area contributed by atoms with Gasteiger partial charge < -0.3 is 0 Å². The number of hydrogen-bond donors (Lipinski definition) is 0. The fourth-order valence-electron chi connectivity index (χ4n) is 2.24. The van der Waals surface area contributed by atoms with Crippen LogP contribution in [0.4, 0.5) is 0 Å². The first-order valence-corrected chi connectivity index (χ1v) is 6.79. The van der Waals surface area contributed by atoms with Crippen LogP contribution in [0.5, 0.6) is 0 Å². The Morgan fingerprint density at radius 1 is 1.12 bits per heavy atom. The van der Waals surface area contributed by atoms with Crippen molar-refractivity contribution in [1.82, 2.24) is 4.98 Å². The SMILES string of the molecule is Cc1cc(-c2ncsc2C)ccc1C(C)(C)C. The molecule has 90 valence electrons. The second-order valence-corrected chi connectivity index (χ2v) is 6.60. The van der Waals surface area contributed by atoms with Gasteiger partial charge in [0, 0.05) is 10.4 Å². The van der Waals surface area contributed by atoms with Crippen molar-refractivity contribution in [2.24, 2.45) is 0 Å².